The average molecular weight is 230 g/mol. The zero-order valence-electron chi connectivity index (χ0n) is 10.2. The van der Waals surface area contributed by atoms with E-state index in [9.17, 15) is 9.59 Å². The Morgan fingerprint density at radius 1 is 1.44 bits per heavy atom. The fraction of sp³-hybridized carbons (Fsp3) is 0.800. The van der Waals surface area contributed by atoms with Crippen LogP contribution in [0.15, 0.2) is 0 Å². The fourth-order valence-corrected chi connectivity index (χ4v) is 1.47. The highest BCUT2D eigenvalue weighted by molar-refractivity contribution is 5.91. The summed E-state index contributed by atoms with van der Waals surface area (Å²) in [6, 6.07) is -0.736. The SMILES string of the molecule is CON1C(=O)[C@@H](NC(=O)OC(C)(C)C)[C@H]1C. The van der Waals surface area contributed by atoms with Crippen LogP contribution >= 0.6 is 0 Å². The Balaban J connectivity index is 2.45. The largest absolute Gasteiger partial charge is 0.444 e. The number of nitrogens with zero attached hydrogens (tertiary/aromatic N) is 1. The zero-order chi connectivity index (χ0) is 12.5. The summed E-state index contributed by atoms with van der Waals surface area (Å²) in [5.41, 5.74) is -0.568. The maximum absolute atomic E-state index is 11.4. The van der Waals surface area contributed by atoms with Crippen LogP contribution in [0.4, 0.5) is 4.79 Å². The van der Waals surface area contributed by atoms with Crippen molar-refractivity contribution in [2.24, 2.45) is 0 Å². The Kier molecular flexibility index (Phi) is 3.42. The smallest absolute Gasteiger partial charge is 0.408 e. The lowest BCUT2D eigenvalue weighted by molar-refractivity contribution is -0.220. The van der Waals surface area contributed by atoms with Crippen LogP contribution in [0, 0.1) is 0 Å². The molecule has 2 atom stereocenters. The third kappa shape index (κ3) is 2.63. The van der Waals surface area contributed by atoms with Crippen molar-refractivity contribution in [3.63, 3.8) is 0 Å². The van der Waals surface area contributed by atoms with Gasteiger partial charge in [0.2, 0.25) is 0 Å². The van der Waals surface area contributed by atoms with Crippen LogP contribution in [0.2, 0.25) is 0 Å². The van der Waals surface area contributed by atoms with Crippen molar-refractivity contribution in [3.05, 3.63) is 0 Å². The zero-order valence-corrected chi connectivity index (χ0v) is 10.2. The molecule has 0 saturated carbocycles. The molecule has 6 nitrogen and oxygen atoms in total. The second kappa shape index (κ2) is 4.29. The van der Waals surface area contributed by atoms with E-state index >= 15 is 0 Å². The van der Waals surface area contributed by atoms with Gasteiger partial charge in [0.25, 0.3) is 5.91 Å². The average Bonchev–Trinajstić information content (AvgIpc) is 2.12. The van der Waals surface area contributed by atoms with E-state index in [1.54, 1.807) is 27.7 Å². The number of hydroxylamine groups is 2. The molecule has 1 aliphatic heterocycles. The lowest BCUT2D eigenvalue weighted by Gasteiger charge is -2.42. The monoisotopic (exact) mass is 230 g/mol. The van der Waals surface area contributed by atoms with Gasteiger partial charge in [0, 0.05) is 0 Å². The van der Waals surface area contributed by atoms with Gasteiger partial charge in [-0.05, 0) is 27.7 Å². The van der Waals surface area contributed by atoms with Gasteiger partial charge in [-0.1, -0.05) is 0 Å². The Hall–Kier alpha value is -1.30. The number of carbonyl (C=O) groups is 2. The number of β-lactam (4-membered cyclic amide) rings is 1. The second-order valence-electron chi connectivity index (χ2n) is 4.71. The Bertz CT molecular complexity index is 298. The van der Waals surface area contributed by atoms with E-state index in [0.717, 1.165) is 0 Å². The minimum Gasteiger partial charge on any atom is -0.444 e. The molecule has 0 radical (unpaired) electrons. The first-order valence-corrected chi connectivity index (χ1v) is 5.13. The van der Waals surface area contributed by atoms with Crippen molar-refractivity contribution in [1.82, 2.24) is 10.4 Å². The molecule has 92 valence electrons. The molecule has 0 aromatic heterocycles. The van der Waals surface area contributed by atoms with Crippen molar-refractivity contribution in [2.75, 3.05) is 7.11 Å². The minimum absolute atomic E-state index is 0.176. The number of hydrogen-bond donors (Lipinski definition) is 1. The van der Waals surface area contributed by atoms with Gasteiger partial charge in [0.15, 0.2) is 0 Å². The molecule has 1 rings (SSSR count). The van der Waals surface area contributed by atoms with E-state index in [1.165, 1.54) is 12.2 Å². The van der Waals surface area contributed by atoms with E-state index in [4.69, 9.17) is 9.57 Å². The summed E-state index contributed by atoms with van der Waals surface area (Å²) in [6.45, 7) is 7.08. The van der Waals surface area contributed by atoms with Gasteiger partial charge in [0.05, 0.1) is 13.2 Å². The highest BCUT2D eigenvalue weighted by Gasteiger charge is 2.46. The van der Waals surface area contributed by atoms with Gasteiger partial charge in [0.1, 0.15) is 11.6 Å². The molecule has 0 bridgehead atoms. The summed E-state index contributed by atoms with van der Waals surface area (Å²) in [5, 5.41) is 3.71. The predicted molar refractivity (Wildman–Crippen MR) is 56.5 cm³/mol. The van der Waals surface area contributed by atoms with Crippen LogP contribution < -0.4 is 5.32 Å². The number of rotatable bonds is 2. The standard InChI is InChI=1S/C10H18N2O4/c1-6-7(8(13)12(6)15-5)11-9(14)16-10(2,3)4/h6-7H,1-5H3,(H,11,14)/t6-,7+/m1/s1. The third-order valence-corrected chi connectivity index (χ3v) is 2.20. The molecule has 0 aromatic rings. The molecule has 6 heteroatoms. The van der Waals surface area contributed by atoms with Crippen molar-refractivity contribution in [2.45, 2.75) is 45.4 Å². The van der Waals surface area contributed by atoms with Gasteiger partial charge in [-0.25, -0.2) is 9.86 Å². The molecule has 0 unspecified atom stereocenters. The number of nitrogens with one attached hydrogen (secondary N) is 1. The van der Waals surface area contributed by atoms with Crippen molar-refractivity contribution < 1.29 is 19.2 Å². The summed E-state index contributed by atoms with van der Waals surface area (Å²) in [4.78, 5) is 27.7. The molecule has 1 N–H and O–H groups in total. The molecule has 0 aromatic carbocycles. The lowest BCUT2D eigenvalue weighted by Crippen LogP contribution is -2.69. The number of amides is 2. The molecule has 16 heavy (non-hydrogen) atoms. The Morgan fingerprint density at radius 2 is 2.00 bits per heavy atom. The van der Waals surface area contributed by atoms with Crippen LogP contribution in [0.1, 0.15) is 27.7 Å². The maximum atomic E-state index is 11.4. The molecule has 0 aliphatic carbocycles. The highest BCUT2D eigenvalue weighted by Crippen LogP contribution is 2.19. The van der Waals surface area contributed by atoms with Crippen LogP contribution in [0.3, 0.4) is 0 Å². The molecule has 1 aliphatic rings. The van der Waals surface area contributed by atoms with Crippen LogP contribution in [-0.2, 0) is 14.4 Å². The molecule has 2 amide bonds. The summed E-state index contributed by atoms with van der Waals surface area (Å²) in [7, 11) is 1.41. The van der Waals surface area contributed by atoms with E-state index in [-0.39, 0.29) is 11.9 Å². The maximum Gasteiger partial charge on any atom is 0.408 e. The van der Waals surface area contributed by atoms with Gasteiger partial charge in [-0.15, -0.1) is 0 Å². The second-order valence-corrected chi connectivity index (χ2v) is 4.71. The van der Waals surface area contributed by atoms with Crippen molar-refractivity contribution in [1.29, 1.82) is 0 Å². The summed E-state index contributed by atoms with van der Waals surface area (Å²) < 4.78 is 5.05. The summed E-state index contributed by atoms with van der Waals surface area (Å²) in [5.74, 6) is -0.263. The minimum atomic E-state index is -0.589. The number of ether oxygens (including phenoxy) is 1. The van der Waals surface area contributed by atoms with Gasteiger partial charge >= 0.3 is 6.09 Å². The predicted octanol–water partition coefficient (Wildman–Crippen LogP) is 0.672. The molecular weight excluding hydrogens is 212 g/mol. The van der Waals surface area contributed by atoms with E-state index in [1.807, 2.05) is 0 Å². The van der Waals surface area contributed by atoms with Crippen LogP contribution in [0.5, 0.6) is 0 Å². The molecular formula is C10H18N2O4. The molecule has 1 fully saturated rings. The summed E-state index contributed by atoms with van der Waals surface area (Å²) >= 11 is 0. The van der Waals surface area contributed by atoms with Crippen molar-refractivity contribution >= 4 is 12.0 Å². The quantitative estimate of drug-likeness (QED) is 0.708. The van der Waals surface area contributed by atoms with Crippen LogP contribution in [0.25, 0.3) is 0 Å². The molecule has 1 heterocycles. The van der Waals surface area contributed by atoms with Gasteiger partial charge in [-0.3, -0.25) is 9.63 Å². The van der Waals surface area contributed by atoms with E-state index < -0.39 is 17.7 Å². The summed E-state index contributed by atoms with van der Waals surface area (Å²) in [6.07, 6.45) is -0.589. The number of hydrogen-bond acceptors (Lipinski definition) is 4. The normalized spacial score (nSPS) is 25.1. The van der Waals surface area contributed by atoms with Gasteiger partial charge in [-0.2, -0.15) is 0 Å². The van der Waals surface area contributed by atoms with E-state index in [2.05, 4.69) is 5.32 Å². The molecule has 0 spiro atoms. The molecule has 1 saturated heterocycles. The van der Waals surface area contributed by atoms with Gasteiger partial charge < -0.3 is 10.1 Å². The Labute approximate surface area is 94.8 Å². The third-order valence-electron chi connectivity index (χ3n) is 2.20. The Morgan fingerprint density at radius 3 is 2.38 bits per heavy atom. The highest BCUT2D eigenvalue weighted by atomic mass is 16.7. The number of alkyl carbamates (subject to hydrolysis) is 1. The first-order chi connectivity index (χ1) is 7.26. The first-order valence-electron chi connectivity index (χ1n) is 5.13. The lowest BCUT2D eigenvalue weighted by atomic mass is 10.0. The van der Waals surface area contributed by atoms with Crippen LogP contribution in [-0.4, -0.2) is 41.9 Å². The van der Waals surface area contributed by atoms with Crippen molar-refractivity contribution in [3.8, 4) is 0 Å². The first kappa shape index (κ1) is 12.8. The fourth-order valence-electron chi connectivity index (χ4n) is 1.47. The number of carbonyl (C=O) groups excluding carboxylic acids is 2. The topological polar surface area (TPSA) is 67.9 Å². The van der Waals surface area contributed by atoms with E-state index in [0.29, 0.717) is 0 Å².